The standard InChI is InChI=1S/C17H20N6O4/c1-21(2)12-6-4-11(5-7-12)18-13-10-14(22(3)8-9-24)17(23(25)26)16-15(13)19-27-20-16/h4-7,10,18,24H,8-9H2,1-3H3. The minimum absolute atomic E-state index is 0.0506. The van der Waals surface area contributed by atoms with Crippen molar-refractivity contribution in [2.24, 2.45) is 0 Å². The zero-order valence-electron chi connectivity index (χ0n) is 15.2. The molecule has 0 radical (unpaired) electrons. The Hall–Kier alpha value is -3.40. The van der Waals surface area contributed by atoms with Gasteiger partial charge in [-0.3, -0.25) is 10.1 Å². The van der Waals surface area contributed by atoms with E-state index in [1.807, 2.05) is 43.3 Å². The van der Waals surface area contributed by atoms with Gasteiger partial charge in [0.05, 0.1) is 17.2 Å². The number of hydrogen-bond donors (Lipinski definition) is 2. The van der Waals surface area contributed by atoms with Gasteiger partial charge in [0.2, 0.25) is 5.52 Å². The Morgan fingerprint density at radius 1 is 1.19 bits per heavy atom. The van der Waals surface area contributed by atoms with Crippen molar-refractivity contribution in [1.29, 1.82) is 0 Å². The van der Waals surface area contributed by atoms with Gasteiger partial charge in [-0.2, -0.15) is 0 Å². The highest BCUT2D eigenvalue weighted by Gasteiger charge is 2.27. The number of aliphatic hydroxyl groups is 1. The van der Waals surface area contributed by atoms with Crippen LogP contribution < -0.4 is 15.1 Å². The molecule has 1 aromatic heterocycles. The van der Waals surface area contributed by atoms with Crippen LogP contribution in [-0.2, 0) is 0 Å². The van der Waals surface area contributed by atoms with E-state index in [1.54, 1.807) is 18.0 Å². The molecule has 3 aromatic rings. The van der Waals surface area contributed by atoms with E-state index in [9.17, 15) is 15.2 Å². The van der Waals surface area contributed by atoms with E-state index in [0.717, 1.165) is 11.4 Å². The van der Waals surface area contributed by atoms with E-state index in [0.29, 0.717) is 11.4 Å². The number of nitro benzene ring substituents is 1. The number of fused-ring (bicyclic) bond motifs is 1. The summed E-state index contributed by atoms with van der Waals surface area (Å²) in [6.45, 7) is 0.0894. The first-order chi connectivity index (χ1) is 12.9. The first-order valence-corrected chi connectivity index (χ1v) is 8.22. The second kappa shape index (κ2) is 7.46. The van der Waals surface area contributed by atoms with Gasteiger partial charge in [-0.1, -0.05) is 0 Å². The van der Waals surface area contributed by atoms with Crippen molar-refractivity contribution in [1.82, 2.24) is 10.3 Å². The third-order valence-electron chi connectivity index (χ3n) is 4.18. The molecule has 0 fully saturated rings. The molecule has 0 aliphatic heterocycles. The van der Waals surface area contributed by atoms with Gasteiger partial charge in [0.15, 0.2) is 5.52 Å². The van der Waals surface area contributed by atoms with E-state index < -0.39 is 4.92 Å². The van der Waals surface area contributed by atoms with Crippen molar-refractivity contribution in [2.45, 2.75) is 0 Å². The summed E-state index contributed by atoms with van der Waals surface area (Å²) >= 11 is 0. The topological polar surface area (TPSA) is 121 Å². The van der Waals surface area contributed by atoms with E-state index in [1.165, 1.54) is 0 Å². The highest BCUT2D eigenvalue weighted by Crippen LogP contribution is 2.39. The van der Waals surface area contributed by atoms with Gasteiger partial charge < -0.3 is 20.2 Å². The number of anilines is 4. The van der Waals surface area contributed by atoms with Crippen LogP contribution in [0.25, 0.3) is 11.0 Å². The van der Waals surface area contributed by atoms with Crippen LogP contribution in [0.2, 0.25) is 0 Å². The lowest BCUT2D eigenvalue weighted by Gasteiger charge is -2.19. The lowest BCUT2D eigenvalue weighted by molar-refractivity contribution is -0.382. The second-order valence-electron chi connectivity index (χ2n) is 6.22. The van der Waals surface area contributed by atoms with Crippen LogP contribution in [0.15, 0.2) is 35.0 Å². The molecule has 2 aromatic carbocycles. The maximum Gasteiger partial charge on any atom is 0.323 e. The largest absolute Gasteiger partial charge is 0.395 e. The zero-order valence-corrected chi connectivity index (χ0v) is 15.2. The van der Waals surface area contributed by atoms with Gasteiger partial charge in [0, 0.05) is 39.1 Å². The fourth-order valence-corrected chi connectivity index (χ4v) is 2.75. The monoisotopic (exact) mass is 372 g/mol. The maximum absolute atomic E-state index is 11.6. The predicted molar refractivity (Wildman–Crippen MR) is 103 cm³/mol. The van der Waals surface area contributed by atoms with Crippen LogP contribution in [0.3, 0.4) is 0 Å². The van der Waals surface area contributed by atoms with Crippen molar-refractivity contribution in [3.05, 3.63) is 40.4 Å². The Morgan fingerprint density at radius 2 is 1.85 bits per heavy atom. The Labute approximate surface area is 155 Å². The van der Waals surface area contributed by atoms with Gasteiger partial charge in [0.1, 0.15) is 5.69 Å². The van der Waals surface area contributed by atoms with Crippen LogP contribution in [-0.4, -0.2) is 54.6 Å². The molecule has 0 unspecified atom stereocenters. The third-order valence-corrected chi connectivity index (χ3v) is 4.18. The van der Waals surface area contributed by atoms with Crippen LogP contribution >= 0.6 is 0 Å². The average molecular weight is 372 g/mol. The molecule has 0 saturated heterocycles. The van der Waals surface area contributed by atoms with Gasteiger partial charge in [0.25, 0.3) is 0 Å². The number of rotatable bonds is 7. The van der Waals surface area contributed by atoms with Crippen molar-refractivity contribution in [2.75, 3.05) is 49.4 Å². The average Bonchev–Trinajstić information content (AvgIpc) is 3.11. The quantitative estimate of drug-likeness (QED) is 0.475. The number of nitrogens with one attached hydrogen (secondary N) is 1. The molecule has 3 rings (SSSR count). The van der Waals surface area contributed by atoms with Gasteiger partial charge >= 0.3 is 5.69 Å². The molecule has 0 amide bonds. The molecular weight excluding hydrogens is 352 g/mol. The second-order valence-corrected chi connectivity index (χ2v) is 6.22. The van der Waals surface area contributed by atoms with E-state index in [2.05, 4.69) is 15.6 Å². The van der Waals surface area contributed by atoms with Crippen molar-refractivity contribution in [3.8, 4) is 0 Å². The van der Waals surface area contributed by atoms with Gasteiger partial charge in [-0.15, -0.1) is 0 Å². The Bertz CT molecular complexity index is 954. The molecule has 10 heteroatoms. The van der Waals surface area contributed by atoms with Gasteiger partial charge in [-0.05, 0) is 40.6 Å². The van der Waals surface area contributed by atoms with Gasteiger partial charge in [-0.25, -0.2) is 4.63 Å². The van der Waals surface area contributed by atoms with Crippen molar-refractivity contribution in [3.63, 3.8) is 0 Å². The number of likely N-dealkylation sites (N-methyl/N-ethyl adjacent to an activating group) is 1. The highest BCUT2D eigenvalue weighted by atomic mass is 16.6. The summed E-state index contributed by atoms with van der Waals surface area (Å²) in [5, 5.41) is 31.5. The molecule has 27 heavy (non-hydrogen) atoms. The molecule has 0 atom stereocenters. The maximum atomic E-state index is 11.6. The number of nitrogens with zero attached hydrogens (tertiary/aromatic N) is 5. The summed E-state index contributed by atoms with van der Waals surface area (Å²) in [6, 6.07) is 9.30. The van der Waals surface area contributed by atoms with E-state index in [4.69, 9.17) is 4.63 Å². The van der Waals surface area contributed by atoms with Crippen molar-refractivity contribution < 1.29 is 14.7 Å². The summed E-state index contributed by atoms with van der Waals surface area (Å²) in [7, 11) is 5.56. The smallest absolute Gasteiger partial charge is 0.323 e. The summed E-state index contributed by atoms with van der Waals surface area (Å²) in [5.41, 5.74) is 2.76. The van der Waals surface area contributed by atoms with E-state index in [-0.39, 0.29) is 29.9 Å². The predicted octanol–water partition coefficient (Wildman–Crippen LogP) is 2.37. The van der Waals surface area contributed by atoms with Crippen molar-refractivity contribution >= 4 is 39.5 Å². The highest BCUT2D eigenvalue weighted by molar-refractivity contribution is 6.00. The van der Waals surface area contributed by atoms with Crippen LogP contribution in [0.1, 0.15) is 0 Å². The number of aromatic nitrogens is 2. The molecule has 0 aliphatic rings. The number of benzene rings is 2. The molecule has 142 valence electrons. The minimum atomic E-state index is -0.522. The molecular formula is C17H20N6O4. The van der Waals surface area contributed by atoms with Crippen LogP contribution in [0.4, 0.5) is 28.4 Å². The third kappa shape index (κ3) is 3.60. The Balaban J connectivity index is 2.08. The minimum Gasteiger partial charge on any atom is -0.395 e. The number of hydrogen-bond acceptors (Lipinski definition) is 9. The fraction of sp³-hybridized carbons (Fsp3) is 0.294. The molecule has 0 aliphatic carbocycles. The lowest BCUT2D eigenvalue weighted by atomic mass is 10.1. The molecule has 0 saturated carbocycles. The van der Waals surface area contributed by atoms with Crippen LogP contribution in [0, 0.1) is 10.1 Å². The first-order valence-electron chi connectivity index (χ1n) is 8.22. The summed E-state index contributed by atoms with van der Waals surface area (Å²) in [6.07, 6.45) is 0. The summed E-state index contributed by atoms with van der Waals surface area (Å²) in [4.78, 5) is 14.6. The first kappa shape index (κ1) is 18.4. The number of nitro groups is 1. The van der Waals surface area contributed by atoms with E-state index >= 15 is 0 Å². The molecule has 10 nitrogen and oxygen atoms in total. The normalized spacial score (nSPS) is 10.8. The molecule has 0 bridgehead atoms. The molecule has 2 N–H and O–H groups in total. The fourth-order valence-electron chi connectivity index (χ4n) is 2.75. The zero-order chi connectivity index (χ0) is 19.6. The SMILES string of the molecule is CN(C)c1ccc(Nc2cc(N(C)CCO)c([N+](=O)[O-])c3nonc23)cc1. The Kier molecular flexibility index (Phi) is 5.08. The summed E-state index contributed by atoms with van der Waals surface area (Å²) in [5.74, 6) is 0. The molecule has 0 spiro atoms. The van der Waals surface area contributed by atoms with Crippen LogP contribution in [0.5, 0.6) is 0 Å². The summed E-state index contributed by atoms with van der Waals surface area (Å²) < 4.78 is 4.76. The Morgan fingerprint density at radius 3 is 2.44 bits per heavy atom. The number of aliphatic hydroxyl groups excluding tert-OH is 1. The molecule has 1 heterocycles. The lowest BCUT2D eigenvalue weighted by Crippen LogP contribution is -2.22.